The van der Waals surface area contributed by atoms with Crippen molar-refractivity contribution in [3.8, 4) is 11.5 Å². The Hall–Kier alpha value is -3.60. The van der Waals surface area contributed by atoms with Crippen molar-refractivity contribution in [2.24, 2.45) is 0 Å². The lowest BCUT2D eigenvalue weighted by Gasteiger charge is -2.15. The molecular weight excluding hydrogens is 366 g/mol. The number of hydrogen-bond donors (Lipinski definition) is 1. The van der Waals surface area contributed by atoms with Gasteiger partial charge in [0.05, 0.1) is 0 Å². The first-order valence-corrected chi connectivity index (χ1v) is 9.36. The van der Waals surface area contributed by atoms with Gasteiger partial charge in [-0.15, -0.1) is 0 Å². The van der Waals surface area contributed by atoms with Crippen LogP contribution >= 0.6 is 0 Å². The number of carbonyl (C=O) groups is 2. The molecule has 0 aliphatic carbocycles. The standard InChI is InChI=1S/C24H23NO4/c1-17(26)20-9-6-10-23(15-20)29-18(2)24(27)25-21-11-13-22(14-12-21)28-16-19-7-4-3-5-8-19/h3-15,18H,16H2,1-2H3,(H,25,27). The number of benzene rings is 3. The van der Waals surface area contributed by atoms with Crippen LogP contribution < -0.4 is 14.8 Å². The van der Waals surface area contributed by atoms with E-state index in [0.29, 0.717) is 23.6 Å². The van der Waals surface area contributed by atoms with E-state index in [4.69, 9.17) is 9.47 Å². The first-order chi connectivity index (χ1) is 14.0. The minimum Gasteiger partial charge on any atom is -0.489 e. The minimum atomic E-state index is -0.716. The molecule has 0 spiro atoms. The summed E-state index contributed by atoms with van der Waals surface area (Å²) in [6.07, 6.45) is -0.716. The maximum Gasteiger partial charge on any atom is 0.265 e. The average Bonchev–Trinajstić information content (AvgIpc) is 2.74. The van der Waals surface area contributed by atoms with Crippen LogP contribution in [0.2, 0.25) is 0 Å². The summed E-state index contributed by atoms with van der Waals surface area (Å²) in [6.45, 7) is 3.63. The van der Waals surface area contributed by atoms with E-state index < -0.39 is 6.10 Å². The predicted molar refractivity (Wildman–Crippen MR) is 112 cm³/mol. The smallest absolute Gasteiger partial charge is 0.265 e. The number of ketones is 1. The summed E-state index contributed by atoms with van der Waals surface area (Å²) in [5, 5.41) is 2.81. The summed E-state index contributed by atoms with van der Waals surface area (Å²) in [4.78, 5) is 23.9. The lowest BCUT2D eigenvalue weighted by atomic mass is 10.1. The summed E-state index contributed by atoms with van der Waals surface area (Å²) in [5.41, 5.74) is 2.28. The van der Waals surface area contributed by atoms with Crippen LogP contribution in [-0.2, 0) is 11.4 Å². The maximum atomic E-state index is 12.4. The topological polar surface area (TPSA) is 64.6 Å². The highest BCUT2D eigenvalue weighted by atomic mass is 16.5. The van der Waals surface area contributed by atoms with E-state index in [-0.39, 0.29) is 11.7 Å². The molecule has 3 aromatic carbocycles. The lowest BCUT2D eigenvalue weighted by Crippen LogP contribution is -2.30. The molecule has 1 amide bonds. The number of amides is 1. The molecule has 0 saturated heterocycles. The van der Waals surface area contributed by atoms with Gasteiger partial charge in [-0.2, -0.15) is 0 Å². The molecule has 0 fully saturated rings. The van der Waals surface area contributed by atoms with Crippen LogP contribution in [0.3, 0.4) is 0 Å². The van der Waals surface area contributed by atoms with E-state index >= 15 is 0 Å². The van der Waals surface area contributed by atoms with E-state index in [1.165, 1.54) is 6.92 Å². The Labute approximate surface area is 170 Å². The van der Waals surface area contributed by atoms with Crippen LogP contribution in [0.15, 0.2) is 78.9 Å². The van der Waals surface area contributed by atoms with Crippen LogP contribution in [0.1, 0.15) is 29.8 Å². The summed E-state index contributed by atoms with van der Waals surface area (Å²) in [6, 6.07) is 23.9. The first-order valence-electron chi connectivity index (χ1n) is 9.36. The quantitative estimate of drug-likeness (QED) is 0.558. The normalized spacial score (nSPS) is 11.4. The van der Waals surface area contributed by atoms with E-state index in [1.807, 2.05) is 30.3 Å². The molecule has 5 heteroatoms. The van der Waals surface area contributed by atoms with Crippen LogP contribution in [0.4, 0.5) is 5.69 Å². The van der Waals surface area contributed by atoms with Gasteiger partial charge < -0.3 is 14.8 Å². The number of carbonyl (C=O) groups excluding carboxylic acids is 2. The molecular formula is C24H23NO4. The van der Waals surface area contributed by atoms with Crippen molar-refractivity contribution < 1.29 is 19.1 Å². The predicted octanol–water partition coefficient (Wildman–Crippen LogP) is 4.87. The Balaban J connectivity index is 1.53. The zero-order chi connectivity index (χ0) is 20.6. The van der Waals surface area contributed by atoms with Gasteiger partial charge in [0.1, 0.15) is 18.1 Å². The maximum absolute atomic E-state index is 12.4. The number of Topliss-reactive ketones (excluding diaryl/α,β-unsaturated/α-hetero) is 1. The van der Waals surface area contributed by atoms with E-state index in [2.05, 4.69) is 5.32 Å². The van der Waals surface area contributed by atoms with Crippen LogP contribution in [0.5, 0.6) is 11.5 Å². The van der Waals surface area contributed by atoms with Crippen molar-refractivity contribution in [2.75, 3.05) is 5.32 Å². The van der Waals surface area contributed by atoms with Gasteiger partial charge in [0.15, 0.2) is 11.9 Å². The number of ether oxygens (including phenoxy) is 2. The molecule has 0 aliphatic rings. The number of anilines is 1. The second kappa shape index (κ2) is 9.55. The second-order valence-corrected chi connectivity index (χ2v) is 6.63. The Kier molecular flexibility index (Phi) is 6.63. The van der Waals surface area contributed by atoms with Crippen molar-refractivity contribution >= 4 is 17.4 Å². The Morgan fingerprint density at radius 2 is 1.62 bits per heavy atom. The van der Waals surface area contributed by atoms with Crippen LogP contribution in [-0.4, -0.2) is 17.8 Å². The minimum absolute atomic E-state index is 0.0536. The van der Waals surface area contributed by atoms with Gasteiger partial charge in [-0.05, 0) is 55.8 Å². The summed E-state index contributed by atoms with van der Waals surface area (Å²) in [7, 11) is 0. The molecule has 0 heterocycles. The Morgan fingerprint density at radius 3 is 2.31 bits per heavy atom. The highest BCUT2D eigenvalue weighted by molar-refractivity contribution is 5.95. The fraction of sp³-hybridized carbons (Fsp3) is 0.167. The largest absolute Gasteiger partial charge is 0.489 e. The van der Waals surface area contributed by atoms with Gasteiger partial charge in [0, 0.05) is 11.3 Å². The average molecular weight is 389 g/mol. The third-order valence-electron chi connectivity index (χ3n) is 4.29. The van der Waals surface area contributed by atoms with E-state index in [0.717, 1.165) is 11.3 Å². The molecule has 0 saturated carbocycles. The summed E-state index contributed by atoms with van der Waals surface area (Å²) in [5.74, 6) is 0.862. The van der Waals surface area contributed by atoms with Crippen LogP contribution in [0.25, 0.3) is 0 Å². The molecule has 0 aromatic heterocycles. The van der Waals surface area contributed by atoms with Gasteiger partial charge in [-0.3, -0.25) is 9.59 Å². The third kappa shape index (κ3) is 5.94. The molecule has 0 aliphatic heterocycles. The summed E-state index contributed by atoms with van der Waals surface area (Å²) >= 11 is 0. The van der Waals surface area contributed by atoms with Gasteiger partial charge in [-0.1, -0.05) is 42.5 Å². The number of hydrogen-bond acceptors (Lipinski definition) is 4. The summed E-state index contributed by atoms with van der Waals surface area (Å²) < 4.78 is 11.4. The SMILES string of the molecule is CC(=O)c1cccc(OC(C)C(=O)Nc2ccc(OCc3ccccc3)cc2)c1. The van der Waals surface area contributed by atoms with Gasteiger partial charge in [0.2, 0.25) is 0 Å². The highest BCUT2D eigenvalue weighted by Crippen LogP contribution is 2.19. The van der Waals surface area contributed by atoms with Crippen molar-refractivity contribution in [1.29, 1.82) is 0 Å². The van der Waals surface area contributed by atoms with Crippen molar-refractivity contribution in [2.45, 2.75) is 26.6 Å². The van der Waals surface area contributed by atoms with Gasteiger partial charge >= 0.3 is 0 Å². The van der Waals surface area contributed by atoms with Crippen molar-refractivity contribution in [1.82, 2.24) is 0 Å². The lowest BCUT2D eigenvalue weighted by molar-refractivity contribution is -0.122. The molecule has 3 aromatic rings. The monoisotopic (exact) mass is 389 g/mol. The van der Waals surface area contributed by atoms with E-state index in [9.17, 15) is 9.59 Å². The van der Waals surface area contributed by atoms with Crippen molar-refractivity contribution in [3.63, 3.8) is 0 Å². The first kappa shape index (κ1) is 20.1. The van der Waals surface area contributed by atoms with E-state index in [1.54, 1.807) is 55.5 Å². The molecule has 29 heavy (non-hydrogen) atoms. The molecule has 1 unspecified atom stereocenters. The van der Waals surface area contributed by atoms with Crippen molar-refractivity contribution in [3.05, 3.63) is 90.0 Å². The Bertz CT molecular complexity index is 968. The molecule has 5 nitrogen and oxygen atoms in total. The molecule has 0 bridgehead atoms. The number of nitrogens with one attached hydrogen (secondary N) is 1. The Morgan fingerprint density at radius 1 is 0.897 bits per heavy atom. The fourth-order valence-corrected chi connectivity index (χ4v) is 2.67. The molecule has 3 rings (SSSR count). The molecule has 1 N–H and O–H groups in total. The second-order valence-electron chi connectivity index (χ2n) is 6.63. The third-order valence-corrected chi connectivity index (χ3v) is 4.29. The van der Waals surface area contributed by atoms with Crippen LogP contribution in [0, 0.1) is 0 Å². The zero-order valence-corrected chi connectivity index (χ0v) is 16.4. The fourth-order valence-electron chi connectivity index (χ4n) is 2.67. The number of rotatable bonds is 8. The zero-order valence-electron chi connectivity index (χ0n) is 16.4. The molecule has 0 radical (unpaired) electrons. The highest BCUT2D eigenvalue weighted by Gasteiger charge is 2.15. The molecule has 148 valence electrons. The molecule has 1 atom stereocenters. The van der Waals surface area contributed by atoms with Gasteiger partial charge in [0.25, 0.3) is 5.91 Å². The van der Waals surface area contributed by atoms with Gasteiger partial charge in [-0.25, -0.2) is 0 Å².